The number of nitrogens with one attached hydrogen (secondary N) is 2. The van der Waals surface area contributed by atoms with Crippen LogP contribution in [-0.2, 0) is 4.74 Å². The number of hydrogen-bond donors (Lipinski definition) is 2. The monoisotopic (exact) mass is 482 g/mol. The van der Waals surface area contributed by atoms with Gasteiger partial charge in [0, 0.05) is 32.2 Å². The molecule has 1 unspecified atom stereocenters. The van der Waals surface area contributed by atoms with Crippen LogP contribution in [-0.4, -0.2) is 54.8 Å². The maximum atomic E-state index is 12.1. The summed E-state index contributed by atoms with van der Waals surface area (Å²) in [7, 11) is 0. The quantitative estimate of drug-likeness (QED) is 0.355. The number of aliphatic imine (C=N–C) groups is 1. The van der Waals surface area contributed by atoms with E-state index < -0.39 is 5.60 Å². The van der Waals surface area contributed by atoms with Crippen molar-refractivity contribution in [3.05, 3.63) is 0 Å². The van der Waals surface area contributed by atoms with Crippen LogP contribution < -0.4 is 10.6 Å². The van der Waals surface area contributed by atoms with Gasteiger partial charge in [-0.2, -0.15) is 0 Å². The van der Waals surface area contributed by atoms with Gasteiger partial charge in [0.25, 0.3) is 0 Å². The first-order valence-corrected chi connectivity index (χ1v) is 9.65. The zero-order valence-corrected chi connectivity index (χ0v) is 19.9. The van der Waals surface area contributed by atoms with Crippen LogP contribution in [0.15, 0.2) is 4.99 Å². The number of likely N-dealkylation sites (tertiary alicyclic amines) is 1. The maximum Gasteiger partial charge on any atom is 0.410 e. The van der Waals surface area contributed by atoms with Gasteiger partial charge in [0.2, 0.25) is 0 Å². The Hall–Kier alpha value is -0.730. The van der Waals surface area contributed by atoms with E-state index in [-0.39, 0.29) is 30.1 Å². The summed E-state index contributed by atoms with van der Waals surface area (Å²) in [4.78, 5) is 18.7. The minimum atomic E-state index is -0.433. The fourth-order valence-corrected chi connectivity index (χ4v) is 2.55. The van der Waals surface area contributed by atoms with Crippen LogP contribution in [0.25, 0.3) is 0 Å². The molecule has 1 aliphatic rings. The SMILES string of the molecule is CCNC(=NCC1CCN(C(=O)OC(C)(C)C)CC1)NC(C)C(C)C.I. The molecule has 6 nitrogen and oxygen atoms in total. The van der Waals surface area contributed by atoms with Crippen LogP contribution in [0.3, 0.4) is 0 Å². The molecule has 0 saturated carbocycles. The van der Waals surface area contributed by atoms with E-state index in [1.165, 1.54) is 0 Å². The molecule has 26 heavy (non-hydrogen) atoms. The number of rotatable bonds is 5. The molecule has 1 amide bonds. The normalized spacial score (nSPS) is 17.5. The lowest BCUT2D eigenvalue weighted by atomic mass is 9.97. The third-order valence-corrected chi connectivity index (χ3v) is 4.48. The molecule has 1 atom stereocenters. The Labute approximate surface area is 176 Å². The third-order valence-electron chi connectivity index (χ3n) is 4.48. The molecule has 1 saturated heterocycles. The molecular formula is C19H39IN4O2. The van der Waals surface area contributed by atoms with Crippen molar-refractivity contribution in [2.24, 2.45) is 16.8 Å². The molecule has 0 aromatic carbocycles. The highest BCUT2D eigenvalue weighted by molar-refractivity contribution is 14.0. The number of carbonyl (C=O) groups excluding carboxylic acids is 1. The van der Waals surface area contributed by atoms with Crippen molar-refractivity contribution >= 4 is 36.0 Å². The molecule has 0 radical (unpaired) electrons. The second-order valence-electron chi connectivity index (χ2n) is 8.31. The van der Waals surface area contributed by atoms with Gasteiger partial charge in [-0.15, -0.1) is 24.0 Å². The van der Waals surface area contributed by atoms with E-state index >= 15 is 0 Å². The Bertz CT molecular complexity index is 441. The van der Waals surface area contributed by atoms with Crippen molar-refractivity contribution in [2.75, 3.05) is 26.2 Å². The van der Waals surface area contributed by atoms with E-state index in [1.807, 2.05) is 25.7 Å². The lowest BCUT2D eigenvalue weighted by molar-refractivity contribution is 0.0187. The van der Waals surface area contributed by atoms with Crippen molar-refractivity contribution in [3.63, 3.8) is 0 Å². The molecular weight excluding hydrogens is 443 g/mol. The lowest BCUT2D eigenvalue weighted by Crippen LogP contribution is -2.45. The summed E-state index contributed by atoms with van der Waals surface area (Å²) < 4.78 is 5.45. The molecule has 0 aromatic rings. The van der Waals surface area contributed by atoms with Crippen molar-refractivity contribution < 1.29 is 9.53 Å². The molecule has 7 heteroatoms. The molecule has 0 aromatic heterocycles. The van der Waals surface area contributed by atoms with Gasteiger partial charge in [-0.25, -0.2) is 4.79 Å². The predicted molar refractivity (Wildman–Crippen MR) is 119 cm³/mol. The first-order chi connectivity index (χ1) is 11.6. The summed E-state index contributed by atoms with van der Waals surface area (Å²) in [6.07, 6.45) is 1.75. The number of halogens is 1. The molecule has 1 aliphatic heterocycles. The van der Waals surface area contributed by atoms with Gasteiger partial charge in [0.1, 0.15) is 5.60 Å². The van der Waals surface area contributed by atoms with E-state index in [1.54, 1.807) is 0 Å². The van der Waals surface area contributed by atoms with E-state index in [9.17, 15) is 4.79 Å². The summed E-state index contributed by atoms with van der Waals surface area (Å²) in [5, 5.41) is 6.78. The summed E-state index contributed by atoms with van der Waals surface area (Å²) in [6.45, 7) is 17.5. The van der Waals surface area contributed by atoms with Gasteiger partial charge >= 0.3 is 6.09 Å². The minimum absolute atomic E-state index is 0. The van der Waals surface area contributed by atoms with E-state index in [0.717, 1.165) is 45.0 Å². The van der Waals surface area contributed by atoms with Gasteiger partial charge in [-0.05, 0) is 59.3 Å². The van der Waals surface area contributed by atoms with E-state index in [4.69, 9.17) is 9.73 Å². The van der Waals surface area contributed by atoms with Gasteiger partial charge in [-0.3, -0.25) is 4.99 Å². The Kier molecular flexibility index (Phi) is 11.5. The number of ether oxygens (including phenoxy) is 1. The maximum absolute atomic E-state index is 12.1. The highest BCUT2D eigenvalue weighted by Crippen LogP contribution is 2.20. The van der Waals surface area contributed by atoms with E-state index in [2.05, 4.69) is 38.3 Å². The molecule has 0 spiro atoms. The second kappa shape index (κ2) is 11.9. The number of nitrogens with zero attached hydrogens (tertiary/aromatic N) is 2. The first kappa shape index (κ1) is 25.3. The van der Waals surface area contributed by atoms with Gasteiger partial charge in [0.05, 0.1) is 0 Å². The standard InChI is InChI=1S/C19H38N4O2.HI/c1-8-20-17(22-15(4)14(2)3)21-13-16-9-11-23(12-10-16)18(24)25-19(5,6)7;/h14-16H,8-13H2,1-7H3,(H2,20,21,22);1H. The smallest absolute Gasteiger partial charge is 0.410 e. The Morgan fingerprint density at radius 1 is 1.23 bits per heavy atom. The van der Waals surface area contributed by atoms with Crippen LogP contribution in [0, 0.1) is 11.8 Å². The summed E-state index contributed by atoms with van der Waals surface area (Å²) >= 11 is 0. The molecule has 2 N–H and O–H groups in total. The Morgan fingerprint density at radius 3 is 2.27 bits per heavy atom. The zero-order valence-electron chi connectivity index (χ0n) is 17.6. The molecule has 0 aliphatic carbocycles. The highest BCUT2D eigenvalue weighted by Gasteiger charge is 2.26. The number of carbonyl (C=O) groups is 1. The van der Waals surface area contributed by atoms with Crippen molar-refractivity contribution in [3.8, 4) is 0 Å². The minimum Gasteiger partial charge on any atom is -0.444 e. The van der Waals surface area contributed by atoms with Crippen molar-refractivity contribution in [2.45, 2.75) is 73.0 Å². The second-order valence-corrected chi connectivity index (χ2v) is 8.31. The summed E-state index contributed by atoms with van der Waals surface area (Å²) in [5.74, 6) is 1.96. The third kappa shape index (κ3) is 9.83. The van der Waals surface area contributed by atoms with Gasteiger partial charge in [0.15, 0.2) is 5.96 Å². The Morgan fingerprint density at radius 2 is 1.81 bits per heavy atom. The van der Waals surface area contributed by atoms with Crippen molar-refractivity contribution in [1.82, 2.24) is 15.5 Å². The molecule has 1 rings (SSSR count). The molecule has 0 bridgehead atoms. The first-order valence-electron chi connectivity index (χ1n) is 9.65. The molecule has 1 heterocycles. The average Bonchev–Trinajstić information content (AvgIpc) is 2.51. The van der Waals surface area contributed by atoms with Crippen molar-refractivity contribution in [1.29, 1.82) is 0 Å². The predicted octanol–water partition coefficient (Wildman–Crippen LogP) is 3.85. The topological polar surface area (TPSA) is 66.0 Å². The van der Waals surface area contributed by atoms with Gasteiger partial charge in [-0.1, -0.05) is 13.8 Å². The molecule has 1 fully saturated rings. The summed E-state index contributed by atoms with van der Waals surface area (Å²) in [5.41, 5.74) is -0.433. The highest BCUT2D eigenvalue weighted by atomic mass is 127. The zero-order chi connectivity index (χ0) is 19.0. The lowest BCUT2D eigenvalue weighted by Gasteiger charge is -2.33. The number of hydrogen-bond acceptors (Lipinski definition) is 3. The van der Waals surface area contributed by atoms with Crippen LogP contribution >= 0.6 is 24.0 Å². The van der Waals surface area contributed by atoms with E-state index in [0.29, 0.717) is 17.9 Å². The Balaban J connectivity index is 0.00000625. The van der Waals surface area contributed by atoms with Crippen LogP contribution in [0.5, 0.6) is 0 Å². The number of amides is 1. The van der Waals surface area contributed by atoms with Gasteiger partial charge < -0.3 is 20.3 Å². The van der Waals surface area contributed by atoms with Crippen LogP contribution in [0.2, 0.25) is 0 Å². The fourth-order valence-electron chi connectivity index (χ4n) is 2.55. The number of guanidine groups is 1. The largest absolute Gasteiger partial charge is 0.444 e. The number of piperidine rings is 1. The average molecular weight is 482 g/mol. The van der Waals surface area contributed by atoms with Crippen LogP contribution in [0.4, 0.5) is 4.79 Å². The molecule has 154 valence electrons. The summed E-state index contributed by atoms with van der Waals surface area (Å²) in [6, 6.07) is 0.381. The fraction of sp³-hybridized carbons (Fsp3) is 0.895. The van der Waals surface area contributed by atoms with Crippen LogP contribution in [0.1, 0.15) is 61.3 Å².